The fraction of sp³-hybridized carbons (Fsp3) is 1.00. The summed E-state index contributed by atoms with van der Waals surface area (Å²) in [6.07, 6.45) is 7.46. The van der Waals surface area contributed by atoms with Crippen LogP contribution in [0.2, 0.25) is 0 Å². The van der Waals surface area contributed by atoms with Crippen LogP contribution in [0.1, 0.15) is 46.0 Å². The molecule has 0 bridgehead atoms. The molecule has 0 N–H and O–H groups in total. The summed E-state index contributed by atoms with van der Waals surface area (Å²) < 4.78 is 6.05. The van der Waals surface area contributed by atoms with Gasteiger partial charge in [0.2, 0.25) is 0 Å². The van der Waals surface area contributed by atoms with Gasteiger partial charge in [-0.3, -0.25) is 0 Å². The van der Waals surface area contributed by atoms with Crippen molar-refractivity contribution in [3.05, 3.63) is 0 Å². The molecule has 12 heavy (non-hydrogen) atoms. The van der Waals surface area contributed by atoms with Crippen molar-refractivity contribution in [2.75, 3.05) is 11.5 Å². The molecule has 0 aromatic rings. The quantitative estimate of drug-likeness (QED) is 0.669. The first-order valence-electron chi connectivity index (χ1n) is 5.28. The average Bonchev–Trinajstić information content (AvgIpc) is 2.16. The Bertz CT molecular complexity index is 106. The lowest BCUT2D eigenvalue weighted by molar-refractivity contribution is 0.181. The molecule has 0 amide bonds. The molecule has 1 aliphatic rings. The number of hydrogen-bond donors (Lipinski definition) is 1. The minimum Gasteiger partial charge on any atom is -0.336 e. The Morgan fingerprint density at radius 3 is 2.17 bits per heavy atom. The molecule has 1 rings (SSSR count). The summed E-state index contributed by atoms with van der Waals surface area (Å²) in [6, 6.07) is 0. The third kappa shape index (κ3) is 3.36. The van der Waals surface area contributed by atoms with Crippen molar-refractivity contribution in [1.29, 1.82) is 0 Å². The molecule has 1 fully saturated rings. The molecule has 0 unspecified atom stereocenters. The van der Waals surface area contributed by atoms with Crippen LogP contribution in [0.15, 0.2) is 0 Å². The third-order valence-corrected chi connectivity index (χ3v) is 4.56. The molecule has 0 aromatic carbocycles. The molecule has 1 aliphatic carbocycles. The van der Waals surface area contributed by atoms with Crippen LogP contribution in [-0.4, -0.2) is 17.6 Å². The van der Waals surface area contributed by atoms with Crippen LogP contribution in [0.25, 0.3) is 0 Å². The van der Waals surface area contributed by atoms with Crippen LogP contribution < -0.4 is 0 Å². The van der Waals surface area contributed by atoms with Gasteiger partial charge in [-0.25, -0.2) is 0 Å². The predicted molar refractivity (Wildman–Crippen MR) is 58.0 cm³/mol. The van der Waals surface area contributed by atoms with Crippen LogP contribution in [0.3, 0.4) is 0 Å². The number of hydrogen-bond acceptors (Lipinski definition) is 1. The van der Waals surface area contributed by atoms with Gasteiger partial charge in [-0.2, -0.15) is 0 Å². The van der Waals surface area contributed by atoms with Crippen LogP contribution in [0, 0.1) is 0 Å². The molecule has 1 saturated carbocycles. The standard InChI is InChI=1S/C10H22OS/c1-3-12(4-2)11-10-8-6-5-7-9-10/h10,12H,3-9H2,1-2H3. The van der Waals surface area contributed by atoms with E-state index in [2.05, 4.69) is 13.8 Å². The van der Waals surface area contributed by atoms with Gasteiger partial charge in [0.1, 0.15) is 0 Å². The molecule has 0 heterocycles. The van der Waals surface area contributed by atoms with E-state index in [4.69, 9.17) is 4.18 Å². The Labute approximate surface area is 79.4 Å². The summed E-state index contributed by atoms with van der Waals surface area (Å²) in [6.45, 7) is 4.50. The van der Waals surface area contributed by atoms with Gasteiger partial charge in [-0.05, 0) is 24.3 Å². The fourth-order valence-electron chi connectivity index (χ4n) is 1.75. The zero-order chi connectivity index (χ0) is 8.81. The van der Waals surface area contributed by atoms with Crippen LogP contribution in [0.4, 0.5) is 0 Å². The first-order valence-corrected chi connectivity index (χ1v) is 6.91. The molecule has 1 nitrogen and oxygen atoms in total. The predicted octanol–water partition coefficient (Wildman–Crippen LogP) is 3.29. The van der Waals surface area contributed by atoms with E-state index in [1.165, 1.54) is 43.6 Å². The summed E-state index contributed by atoms with van der Waals surface area (Å²) in [5, 5.41) is 0. The monoisotopic (exact) mass is 190 g/mol. The van der Waals surface area contributed by atoms with Crippen LogP contribution in [-0.2, 0) is 4.18 Å². The first-order chi connectivity index (χ1) is 5.86. The smallest absolute Gasteiger partial charge is 0.0698 e. The van der Waals surface area contributed by atoms with E-state index in [1.807, 2.05) is 0 Å². The molecule has 0 atom stereocenters. The van der Waals surface area contributed by atoms with Crippen molar-refractivity contribution >= 4 is 11.2 Å². The van der Waals surface area contributed by atoms with E-state index in [1.54, 1.807) is 0 Å². The maximum Gasteiger partial charge on any atom is 0.0698 e. The normalized spacial score (nSPS) is 21.0. The Balaban J connectivity index is 2.18. The maximum absolute atomic E-state index is 6.05. The Hall–Kier alpha value is 0.310. The molecule has 2 heteroatoms. The van der Waals surface area contributed by atoms with Gasteiger partial charge in [-0.1, -0.05) is 33.1 Å². The van der Waals surface area contributed by atoms with Crippen molar-refractivity contribution in [2.45, 2.75) is 52.1 Å². The molecule has 0 saturated heterocycles. The lowest BCUT2D eigenvalue weighted by Gasteiger charge is -2.28. The summed E-state index contributed by atoms with van der Waals surface area (Å²) in [4.78, 5) is 0. The third-order valence-electron chi connectivity index (χ3n) is 2.56. The second kappa shape index (κ2) is 5.87. The highest BCUT2D eigenvalue weighted by Crippen LogP contribution is 2.32. The van der Waals surface area contributed by atoms with Gasteiger partial charge < -0.3 is 4.18 Å². The lowest BCUT2D eigenvalue weighted by Crippen LogP contribution is -2.16. The van der Waals surface area contributed by atoms with E-state index < -0.39 is 0 Å². The summed E-state index contributed by atoms with van der Waals surface area (Å²) in [5.41, 5.74) is 0. The van der Waals surface area contributed by atoms with Gasteiger partial charge in [0, 0.05) is 0 Å². The molecule has 0 aromatic heterocycles. The zero-order valence-corrected chi connectivity index (χ0v) is 9.28. The molecule has 0 radical (unpaired) electrons. The number of rotatable bonds is 4. The SMILES string of the molecule is CC[SH](CC)OC1CCCCC1. The van der Waals surface area contributed by atoms with Gasteiger partial charge in [0.15, 0.2) is 0 Å². The largest absolute Gasteiger partial charge is 0.336 e. The minimum atomic E-state index is -0.0791. The van der Waals surface area contributed by atoms with E-state index in [0.29, 0.717) is 6.10 Å². The highest BCUT2D eigenvalue weighted by atomic mass is 32.2. The fourth-order valence-corrected chi connectivity index (χ4v) is 3.13. The van der Waals surface area contributed by atoms with E-state index >= 15 is 0 Å². The second-order valence-electron chi connectivity index (χ2n) is 3.48. The molecular formula is C10H22OS. The molecular weight excluding hydrogens is 168 g/mol. The average molecular weight is 190 g/mol. The second-order valence-corrected chi connectivity index (χ2v) is 5.92. The highest BCUT2D eigenvalue weighted by molar-refractivity contribution is 8.12. The van der Waals surface area contributed by atoms with Crippen molar-refractivity contribution < 1.29 is 4.18 Å². The summed E-state index contributed by atoms with van der Waals surface area (Å²) in [7, 11) is 0. The van der Waals surface area contributed by atoms with Crippen molar-refractivity contribution in [3.8, 4) is 0 Å². The lowest BCUT2D eigenvalue weighted by atomic mass is 9.98. The van der Waals surface area contributed by atoms with Gasteiger partial charge in [0.25, 0.3) is 0 Å². The Kier molecular flexibility index (Phi) is 5.08. The van der Waals surface area contributed by atoms with E-state index in [9.17, 15) is 0 Å². The Morgan fingerprint density at radius 1 is 1.08 bits per heavy atom. The zero-order valence-electron chi connectivity index (χ0n) is 8.38. The van der Waals surface area contributed by atoms with Gasteiger partial charge in [0.05, 0.1) is 6.10 Å². The van der Waals surface area contributed by atoms with Crippen LogP contribution >= 0.6 is 11.2 Å². The van der Waals surface area contributed by atoms with Gasteiger partial charge >= 0.3 is 0 Å². The van der Waals surface area contributed by atoms with Crippen molar-refractivity contribution in [3.63, 3.8) is 0 Å². The van der Waals surface area contributed by atoms with Crippen molar-refractivity contribution in [2.24, 2.45) is 0 Å². The topological polar surface area (TPSA) is 9.23 Å². The maximum atomic E-state index is 6.05. The summed E-state index contributed by atoms with van der Waals surface area (Å²) in [5.74, 6) is 2.48. The van der Waals surface area contributed by atoms with Gasteiger partial charge in [-0.15, -0.1) is 11.2 Å². The highest BCUT2D eigenvalue weighted by Gasteiger charge is 2.15. The number of thiol groups is 1. The molecule has 0 aliphatic heterocycles. The minimum absolute atomic E-state index is 0.0791. The molecule has 74 valence electrons. The molecule has 0 spiro atoms. The van der Waals surface area contributed by atoms with Crippen LogP contribution in [0.5, 0.6) is 0 Å². The summed E-state index contributed by atoms with van der Waals surface area (Å²) >= 11 is -0.0791. The van der Waals surface area contributed by atoms with Crippen molar-refractivity contribution in [1.82, 2.24) is 0 Å². The Morgan fingerprint density at radius 2 is 1.67 bits per heavy atom. The first kappa shape index (κ1) is 10.4. The van der Waals surface area contributed by atoms with E-state index in [-0.39, 0.29) is 11.2 Å². The van der Waals surface area contributed by atoms with E-state index in [0.717, 1.165) is 0 Å².